The van der Waals surface area contributed by atoms with E-state index in [1.165, 1.54) is 17.0 Å². The zero-order valence-corrected chi connectivity index (χ0v) is 10.3. The minimum atomic E-state index is -0.957. The van der Waals surface area contributed by atoms with Gasteiger partial charge in [0, 0.05) is 19.2 Å². The van der Waals surface area contributed by atoms with E-state index in [4.69, 9.17) is 0 Å². The van der Waals surface area contributed by atoms with E-state index in [0.717, 1.165) is 6.26 Å². The van der Waals surface area contributed by atoms with Gasteiger partial charge in [-0.25, -0.2) is 4.79 Å². The lowest BCUT2D eigenvalue weighted by Gasteiger charge is -2.27. The molecule has 1 amide bonds. The fourth-order valence-corrected chi connectivity index (χ4v) is 1.46. The maximum absolute atomic E-state index is 12.0. The van der Waals surface area contributed by atoms with E-state index < -0.39 is 11.2 Å². The van der Waals surface area contributed by atoms with Gasteiger partial charge in [0.25, 0.3) is 5.91 Å². The van der Waals surface area contributed by atoms with Gasteiger partial charge in [-0.3, -0.25) is 4.79 Å². The largest absolute Gasteiger partial charge is 0.430 e. The third-order valence-electron chi connectivity index (χ3n) is 2.19. The van der Waals surface area contributed by atoms with Crippen LogP contribution in [0.4, 0.5) is 0 Å². The molecule has 0 spiro atoms. The first-order valence-corrected chi connectivity index (χ1v) is 5.44. The van der Waals surface area contributed by atoms with Crippen LogP contribution in [-0.2, 0) is 0 Å². The highest BCUT2D eigenvalue weighted by molar-refractivity contribution is 5.93. The van der Waals surface area contributed by atoms with Crippen molar-refractivity contribution in [2.45, 2.75) is 26.4 Å². The Bertz CT molecular complexity index is 424. The van der Waals surface area contributed by atoms with Crippen LogP contribution >= 0.6 is 0 Å². The number of hydrogen-bond donors (Lipinski definition) is 1. The van der Waals surface area contributed by atoms with Gasteiger partial charge in [0.05, 0.1) is 11.2 Å². The van der Waals surface area contributed by atoms with E-state index >= 15 is 0 Å². The molecule has 0 bridgehead atoms. The Labute approximate surface area is 99.7 Å². The van der Waals surface area contributed by atoms with Gasteiger partial charge in [0.2, 0.25) is 0 Å². The minimum Gasteiger partial charge on any atom is -0.430 e. The van der Waals surface area contributed by atoms with Crippen LogP contribution in [-0.4, -0.2) is 34.6 Å². The number of likely N-dealkylation sites (N-methyl/N-ethyl adjacent to an activating group) is 1. The smallest absolute Gasteiger partial charge is 0.335 e. The van der Waals surface area contributed by atoms with Gasteiger partial charge in [-0.15, -0.1) is 0 Å². The molecule has 1 N–H and O–H groups in total. The van der Waals surface area contributed by atoms with Crippen LogP contribution in [0.2, 0.25) is 0 Å². The molecule has 0 unspecified atom stereocenters. The van der Waals surface area contributed by atoms with E-state index in [9.17, 15) is 14.7 Å². The summed E-state index contributed by atoms with van der Waals surface area (Å²) < 4.78 is 4.64. The summed E-state index contributed by atoms with van der Waals surface area (Å²) in [4.78, 5) is 24.3. The first kappa shape index (κ1) is 13.4. The highest BCUT2D eigenvalue weighted by atomic mass is 16.4. The molecule has 0 saturated carbocycles. The normalized spacial score (nSPS) is 11.3. The summed E-state index contributed by atoms with van der Waals surface area (Å²) >= 11 is 0. The Morgan fingerprint density at radius 1 is 1.47 bits per heavy atom. The third kappa shape index (κ3) is 4.03. The fourth-order valence-electron chi connectivity index (χ4n) is 1.46. The number of amides is 1. The Morgan fingerprint density at radius 3 is 2.53 bits per heavy atom. The van der Waals surface area contributed by atoms with E-state index in [1.807, 2.05) is 6.92 Å². The Kier molecular flexibility index (Phi) is 4.07. The van der Waals surface area contributed by atoms with Crippen LogP contribution in [0.15, 0.2) is 27.6 Å². The molecule has 1 heterocycles. The lowest BCUT2D eigenvalue weighted by molar-refractivity contribution is 0.0313. The van der Waals surface area contributed by atoms with E-state index in [0.29, 0.717) is 12.1 Å². The van der Waals surface area contributed by atoms with Crippen LogP contribution in [0.1, 0.15) is 31.1 Å². The van der Waals surface area contributed by atoms with Crippen molar-refractivity contribution in [1.82, 2.24) is 4.90 Å². The molecule has 0 saturated heterocycles. The van der Waals surface area contributed by atoms with Crippen molar-refractivity contribution in [3.8, 4) is 0 Å². The summed E-state index contributed by atoms with van der Waals surface area (Å²) in [6, 6.07) is 2.62. The zero-order valence-electron chi connectivity index (χ0n) is 10.3. The van der Waals surface area contributed by atoms with Gasteiger partial charge in [-0.2, -0.15) is 0 Å². The van der Waals surface area contributed by atoms with Crippen molar-refractivity contribution < 1.29 is 14.3 Å². The Morgan fingerprint density at radius 2 is 2.12 bits per heavy atom. The molecule has 0 aliphatic rings. The maximum Gasteiger partial charge on any atom is 0.335 e. The molecule has 94 valence electrons. The van der Waals surface area contributed by atoms with Gasteiger partial charge >= 0.3 is 5.63 Å². The monoisotopic (exact) mass is 239 g/mol. The van der Waals surface area contributed by atoms with Crippen LogP contribution in [0.5, 0.6) is 0 Å². The van der Waals surface area contributed by atoms with E-state index in [2.05, 4.69) is 4.42 Å². The lowest BCUT2D eigenvalue weighted by atomic mass is 10.1. The zero-order chi connectivity index (χ0) is 13.1. The second kappa shape index (κ2) is 5.14. The molecule has 5 heteroatoms. The van der Waals surface area contributed by atoms with Crippen molar-refractivity contribution >= 4 is 5.91 Å². The van der Waals surface area contributed by atoms with Crippen LogP contribution in [0, 0.1) is 0 Å². The number of rotatable bonds is 4. The molecule has 0 fully saturated rings. The Balaban J connectivity index is 2.86. The summed E-state index contributed by atoms with van der Waals surface area (Å²) in [6.45, 7) is 5.79. The molecule has 0 aliphatic heterocycles. The van der Waals surface area contributed by atoms with Crippen molar-refractivity contribution in [1.29, 1.82) is 0 Å². The quantitative estimate of drug-likeness (QED) is 0.846. The van der Waals surface area contributed by atoms with Gasteiger partial charge in [-0.1, -0.05) is 0 Å². The average Bonchev–Trinajstić information content (AvgIpc) is 2.25. The average molecular weight is 239 g/mol. The molecule has 0 aliphatic carbocycles. The molecule has 1 aromatic rings. The molecule has 0 radical (unpaired) electrons. The highest BCUT2D eigenvalue weighted by Crippen LogP contribution is 2.09. The third-order valence-corrected chi connectivity index (χ3v) is 2.19. The molecule has 1 rings (SSSR count). The van der Waals surface area contributed by atoms with Crippen molar-refractivity contribution in [3.05, 3.63) is 34.4 Å². The second-order valence-electron chi connectivity index (χ2n) is 4.48. The standard InChI is InChI=1S/C12H17NO4/c1-4-13(8-12(2,3)16)11(15)9-5-6-10(14)17-7-9/h5-7,16H,4,8H2,1-3H3. The van der Waals surface area contributed by atoms with Crippen molar-refractivity contribution in [2.75, 3.05) is 13.1 Å². The predicted molar refractivity (Wildman–Crippen MR) is 62.9 cm³/mol. The molecule has 0 aromatic carbocycles. The molecular weight excluding hydrogens is 222 g/mol. The highest BCUT2D eigenvalue weighted by Gasteiger charge is 2.22. The predicted octanol–water partition coefficient (Wildman–Crippen LogP) is 0.873. The maximum atomic E-state index is 12.0. The number of aliphatic hydroxyl groups is 1. The Hall–Kier alpha value is -1.62. The number of nitrogens with zero attached hydrogens (tertiary/aromatic N) is 1. The van der Waals surface area contributed by atoms with E-state index in [-0.39, 0.29) is 12.5 Å². The molecule has 0 atom stereocenters. The van der Waals surface area contributed by atoms with Crippen molar-refractivity contribution in [3.63, 3.8) is 0 Å². The van der Waals surface area contributed by atoms with Crippen LogP contribution in [0.25, 0.3) is 0 Å². The number of carbonyl (C=O) groups is 1. The fraction of sp³-hybridized carbons (Fsp3) is 0.500. The number of carbonyl (C=O) groups excluding carboxylic acids is 1. The first-order chi connectivity index (χ1) is 7.83. The lowest BCUT2D eigenvalue weighted by Crippen LogP contribution is -2.42. The summed E-state index contributed by atoms with van der Waals surface area (Å²) in [7, 11) is 0. The van der Waals surface area contributed by atoms with Gasteiger partial charge in [-0.05, 0) is 26.8 Å². The van der Waals surface area contributed by atoms with E-state index in [1.54, 1.807) is 13.8 Å². The molecule has 5 nitrogen and oxygen atoms in total. The molecular formula is C12H17NO4. The second-order valence-corrected chi connectivity index (χ2v) is 4.48. The van der Waals surface area contributed by atoms with Crippen LogP contribution < -0.4 is 5.63 Å². The SMILES string of the molecule is CCN(CC(C)(C)O)C(=O)c1ccc(=O)oc1. The summed E-state index contributed by atoms with van der Waals surface area (Å²) in [5.41, 5.74) is -1.15. The van der Waals surface area contributed by atoms with Crippen molar-refractivity contribution in [2.24, 2.45) is 0 Å². The summed E-state index contributed by atoms with van der Waals surface area (Å²) in [5, 5.41) is 9.69. The van der Waals surface area contributed by atoms with Gasteiger partial charge < -0.3 is 14.4 Å². The van der Waals surface area contributed by atoms with Crippen LogP contribution in [0.3, 0.4) is 0 Å². The first-order valence-electron chi connectivity index (χ1n) is 5.44. The molecule has 17 heavy (non-hydrogen) atoms. The topological polar surface area (TPSA) is 70.8 Å². The number of hydrogen-bond acceptors (Lipinski definition) is 4. The van der Waals surface area contributed by atoms with Gasteiger partial charge in [0.15, 0.2) is 0 Å². The summed E-state index contributed by atoms with van der Waals surface area (Å²) in [5.74, 6) is -0.265. The minimum absolute atomic E-state index is 0.224. The molecule has 1 aromatic heterocycles. The summed E-state index contributed by atoms with van der Waals surface area (Å²) in [6.07, 6.45) is 1.14. The van der Waals surface area contributed by atoms with Gasteiger partial charge in [0.1, 0.15) is 6.26 Å².